The topological polar surface area (TPSA) is 265 Å². The first-order valence-corrected chi connectivity index (χ1v) is 10.2. The van der Waals surface area contributed by atoms with Crippen LogP contribution in [0.2, 0.25) is 0 Å². The van der Waals surface area contributed by atoms with Gasteiger partial charge in [0.1, 0.15) is 54.6 Å². The molecule has 2 aliphatic rings. The molecular weight excluding hydrogens is 484 g/mol. The third-order valence-corrected chi connectivity index (χ3v) is 5.55. The van der Waals surface area contributed by atoms with Crippen LogP contribution in [0.4, 0.5) is 11.4 Å². The SMILES string of the molecule is O=[N+]([O-])c1ccc(O[C@@H]2O[C@H](CO)[C@@H](O[C@@H]3O[C@H](CO)[C@H](O)[C@H](O)[C@@H]3O)[C@H](O)[C@@H]2O)cc1[N+](=O)[O-]. The quantitative estimate of drug-likeness (QED) is 0.133. The van der Waals surface area contributed by atoms with Gasteiger partial charge in [-0.15, -0.1) is 0 Å². The lowest BCUT2D eigenvalue weighted by molar-refractivity contribution is -0.422. The number of nitro groups is 2. The molecule has 7 N–H and O–H groups in total. The van der Waals surface area contributed by atoms with E-state index in [0.29, 0.717) is 6.07 Å². The molecule has 1 aromatic carbocycles. The van der Waals surface area contributed by atoms with Gasteiger partial charge in [-0.3, -0.25) is 20.2 Å². The second kappa shape index (κ2) is 11.0. The molecule has 0 bridgehead atoms. The summed E-state index contributed by atoms with van der Waals surface area (Å²) in [6, 6.07) is 2.51. The predicted molar refractivity (Wildman–Crippen MR) is 107 cm³/mol. The van der Waals surface area contributed by atoms with Gasteiger partial charge in [-0.25, -0.2) is 0 Å². The van der Waals surface area contributed by atoms with E-state index in [4.69, 9.17) is 18.9 Å². The Morgan fingerprint density at radius 3 is 1.91 bits per heavy atom. The monoisotopic (exact) mass is 508 g/mol. The number of aliphatic hydroxyl groups is 7. The number of rotatable bonds is 8. The third kappa shape index (κ3) is 5.48. The summed E-state index contributed by atoms with van der Waals surface area (Å²) < 4.78 is 21.3. The summed E-state index contributed by atoms with van der Waals surface area (Å²) in [4.78, 5) is 20.1. The number of hydrogen-bond acceptors (Lipinski definition) is 15. The van der Waals surface area contributed by atoms with Crippen molar-refractivity contribution in [1.29, 1.82) is 0 Å². The maximum Gasteiger partial charge on any atom is 0.349 e. The highest BCUT2D eigenvalue weighted by molar-refractivity contribution is 5.55. The fraction of sp³-hybridized carbons (Fsp3) is 0.667. The van der Waals surface area contributed by atoms with E-state index in [1.165, 1.54) is 0 Å². The van der Waals surface area contributed by atoms with Crippen LogP contribution in [0.15, 0.2) is 18.2 Å². The van der Waals surface area contributed by atoms with E-state index in [2.05, 4.69) is 0 Å². The van der Waals surface area contributed by atoms with E-state index in [9.17, 15) is 56.0 Å². The molecule has 2 aliphatic heterocycles. The summed E-state index contributed by atoms with van der Waals surface area (Å²) in [5, 5.41) is 91.9. The van der Waals surface area contributed by atoms with Gasteiger partial charge < -0.3 is 54.7 Å². The van der Waals surface area contributed by atoms with Crippen molar-refractivity contribution in [2.45, 2.75) is 61.4 Å². The summed E-state index contributed by atoms with van der Waals surface area (Å²) in [6.07, 6.45) is -16.9. The zero-order valence-electron chi connectivity index (χ0n) is 17.7. The Hall–Kier alpha value is -2.58. The Bertz CT molecular complexity index is 914. The molecule has 0 aliphatic carbocycles. The minimum absolute atomic E-state index is 0.330. The minimum atomic E-state index is -1.90. The zero-order valence-corrected chi connectivity index (χ0v) is 17.7. The van der Waals surface area contributed by atoms with E-state index in [1.807, 2.05) is 0 Å². The first-order valence-electron chi connectivity index (χ1n) is 10.2. The van der Waals surface area contributed by atoms with Crippen molar-refractivity contribution in [2.24, 2.45) is 0 Å². The first-order chi connectivity index (χ1) is 16.5. The lowest BCUT2D eigenvalue weighted by Gasteiger charge is -2.45. The summed E-state index contributed by atoms with van der Waals surface area (Å²) in [5.41, 5.74) is -1.71. The van der Waals surface area contributed by atoms with Crippen LogP contribution in [-0.2, 0) is 14.2 Å². The molecule has 35 heavy (non-hydrogen) atoms. The van der Waals surface area contributed by atoms with Gasteiger partial charge in [0.2, 0.25) is 6.29 Å². The number of benzene rings is 1. The first kappa shape index (κ1) is 27.0. The molecule has 2 fully saturated rings. The summed E-state index contributed by atoms with van der Waals surface area (Å²) in [7, 11) is 0. The lowest BCUT2D eigenvalue weighted by atomic mass is 9.97. The molecule has 10 atom stereocenters. The Morgan fingerprint density at radius 1 is 0.771 bits per heavy atom. The standard InChI is InChI=1S/C18H24N2O15/c21-4-9-11(23)12(24)14(26)18(33-9)35-16-10(5-22)34-17(15(27)13(16)25)32-6-1-2-7(19(28)29)8(3-6)20(30)31/h1-3,9-18,21-27H,4-5H2/t9-,10-,11+,12+,13-,14+,15+,16-,17-,18+/m1/s1. The summed E-state index contributed by atoms with van der Waals surface area (Å²) >= 11 is 0. The molecule has 0 radical (unpaired) electrons. The van der Waals surface area contributed by atoms with Gasteiger partial charge >= 0.3 is 11.4 Å². The van der Waals surface area contributed by atoms with Gasteiger partial charge in [0.25, 0.3) is 0 Å². The highest BCUT2D eigenvalue weighted by Gasteiger charge is 2.51. The van der Waals surface area contributed by atoms with Gasteiger partial charge in [0.15, 0.2) is 6.29 Å². The van der Waals surface area contributed by atoms with Crippen molar-refractivity contribution >= 4 is 11.4 Å². The van der Waals surface area contributed by atoms with Crippen molar-refractivity contribution < 1.29 is 64.5 Å². The van der Waals surface area contributed by atoms with E-state index < -0.39 is 95.8 Å². The Labute approximate surface area is 195 Å². The third-order valence-electron chi connectivity index (χ3n) is 5.55. The van der Waals surface area contributed by atoms with Gasteiger partial charge in [-0.1, -0.05) is 0 Å². The molecule has 196 valence electrons. The molecule has 17 heteroatoms. The number of hydrogen-bond donors (Lipinski definition) is 7. The van der Waals surface area contributed by atoms with Crippen molar-refractivity contribution in [3.63, 3.8) is 0 Å². The normalized spacial score (nSPS) is 37.6. The Balaban J connectivity index is 1.76. The fourth-order valence-electron chi connectivity index (χ4n) is 3.66. The summed E-state index contributed by atoms with van der Waals surface area (Å²) in [6.45, 7) is -1.58. The lowest BCUT2D eigenvalue weighted by Crippen LogP contribution is -2.65. The number of aliphatic hydroxyl groups excluding tert-OH is 7. The number of ether oxygens (including phenoxy) is 4. The largest absolute Gasteiger partial charge is 0.462 e. The van der Waals surface area contributed by atoms with Crippen molar-refractivity contribution in [3.8, 4) is 5.75 Å². The van der Waals surface area contributed by atoms with Gasteiger partial charge in [0.05, 0.1) is 29.1 Å². The van der Waals surface area contributed by atoms with Crippen LogP contribution in [-0.4, -0.2) is 120 Å². The maximum absolute atomic E-state index is 11.1. The summed E-state index contributed by atoms with van der Waals surface area (Å²) in [5.74, 6) is -0.330. The van der Waals surface area contributed by atoms with Crippen LogP contribution in [0.3, 0.4) is 0 Å². The molecule has 0 spiro atoms. The predicted octanol–water partition coefficient (Wildman–Crippen LogP) is -3.49. The second-order valence-electron chi connectivity index (χ2n) is 7.79. The molecule has 1 aromatic rings. The Morgan fingerprint density at radius 2 is 1.34 bits per heavy atom. The van der Waals surface area contributed by atoms with Crippen molar-refractivity contribution in [3.05, 3.63) is 38.4 Å². The molecule has 3 rings (SSSR count). The average molecular weight is 508 g/mol. The Kier molecular flexibility index (Phi) is 8.49. The zero-order chi connectivity index (χ0) is 26.0. The van der Waals surface area contributed by atoms with Crippen LogP contribution < -0.4 is 4.74 Å². The van der Waals surface area contributed by atoms with Crippen LogP contribution in [0.5, 0.6) is 5.75 Å². The van der Waals surface area contributed by atoms with Crippen LogP contribution in [0, 0.1) is 20.2 Å². The molecule has 2 saturated heterocycles. The number of nitro benzene ring substituents is 2. The van der Waals surface area contributed by atoms with E-state index in [1.54, 1.807) is 0 Å². The highest BCUT2D eigenvalue weighted by Crippen LogP contribution is 2.34. The van der Waals surface area contributed by atoms with Crippen LogP contribution >= 0.6 is 0 Å². The molecule has 0 aromatic heterocycles. The molecular formula is C18H24N2O15. The van der Waals surface area contributed by atoms with Gasteiger partial charge in [0, 0.05) is 6.07 Å². The molecule has 0 saturated carbocycles. The van der Waals surface area contributed by atoms with Gasteiger partial charge in [-0.05, 0) is 6.07 Å². The smallest absolute Gasteiger partial charge is 0.349 e. The van der Waals surface area contributed by atoms with E-state index in [0.717, 1.165) is 12.1 Å². The van der Waals surface area contributed by atoms with Crippen LogP contribution in [0.1, 0.15) is 0 Å². The van der Waals surface area contributed by atoms with E-state index in [-0.39, 0.29) is 5.75 Å². The highest BCUT2D eigenvalue weighted by atomic mass is 16.7. The fourth-order valence-corrected chi connectivity index (χ4v) is 3.66. The van der Waals surface area contributed by atoms with Crippen molar-refractivity contribution in [1.82, 2.24) is 0 Å². The van der Waals surface area contributed by atoms with Gasteiger partial charge in [-0.2, -0.15) is 0 Å². The van der Waals surface area contributed by atoms with E-state index >= 15 is 0 Å². The van der Waals surface area contributed by atoms with Crippen molar-refractivity contribution in [2.75, 3.05) is 13.2 Å². The average Bonchev–Trinajstić information content (AvgIpc) is 2.83. The molecule has 17 nitrogen and oxygen atoms in total. The van der Waals surface area contributed by atoms with Crippen LogP contribution in [0.25, 0.3) is 0 Å². The maximum atomic E-state index is 11.1. The molecule has 0 amide bonds. The minimum Gasteiger partial charge on any atom is -0.462 e. The molecule has 2 heterocycles. The second-order valence-corrected chi connectivity index (χ2v) is 7.79. The number of nitrogens with zero attached hydrogens (tertiary/aromatic N) is 2. The molecule has 0 unspecified atom stereocenters.